The molecule has 0 aliphatic carbocycles. The lowest BCUT2D eigenvalue weighted by Crippen LogP contribution is -2.02. The maximum atomic E-state index is 10.8. The van der Waals surface area contributed by atoms with Crippen LogP contribution in [0.5, 0.6) is 5.75 Å². The molecule has 3 rings (SSSR count). The van der Waals surface area contributed by atoms with Crippen LogP contribution in [0.4, 0.5) is 0 Å². The molecule has 0 spiro atoms. The molecule has 0 amide bonds. The number of para-hydroxylation sites is 2. The summed E-state index contributed by atoms with van der Waals surface area (Å²) in [5, 5.41) is 18.1. The van der Waals surface area contributed by atoms with Crippen molar-refractivity contribution in [2.24, 2.45) is 0 Å². The van der Waals surface area contributed by atoms with Gasteiger partial charge in [-0.15, -0.1) is 10.2 Å². The van der Waals surface area contributed by atoms with Crippen LogP contribution in [0.25, 0.3) is 17.1 Å². The van der Waals surface area contributed by atoms with Crippen LogP contribution >= 0.6 is 11.8 Å². The van der Waals surface area contributed by atoms with Crippen LogP contribution in [-0.4, -0.2) is 38.7 Å². The number of rotatable bonds is 7. The minimum atomic E-state index is -0.830. The number of carbonyl (C=O) groups is 1. The van der Waals surface area contributed by atoms with Gasteiger partial charge in [0.2, 0.25) is 0 Å². The fourth-order valence-electron chi connectivity index (χ4n) is 2.41. The van der Waals surface area contributed by atoms with E-state index in [2.05, 4.69) is 10.2 Å². The van der Waals surface area contributed by atoms with E-state index in [9.17, 15) is 4.79 Å². The monoisotopic (exact) mass is 355 g/mol. The van der Waals surface area contributed by atoms with Gasteiger partial charge in [0.1, 0.15) is 5.75 Å². The average molecular weight is 355 g/mol. The maximum absolute atomic E-state index is 10.8. The smallest absolute Gasteiger partial charge is 0.304 e. The summed E-state index contributed by atoms with van der Waals surface area (Å²) in [5.41, 5.74) is 1.73. The molecular formula is C18H17N3O3S. The predicted molar refractivity (Wildman–Crippen MR) is 96.3 cm³/mol. The largest absolute Gasteiger partial charge is 0.496 e. The highest BCUT2D eigenvalue weighted by atomic mass is 32.2. The molecule has 0 aliphatic rings. The fraction of sp³-hybridized carbons (Fsp3) is 0.167. The lowest BCUT2D eigenvalue weighted by atomic mass is 10.2. The van der Waals surface area contributed by atoms with Gasteiger partial charge in [-0.1, -0.05) is 42.1 Å². The molecule has 1 aromatic heterocycles. The van der Waals surface area contributed by atoms with E-state index in [0.717, 1.165) is 11.3 Å². The van der Waals surface area contributed by atoms with Crippen LogP contribution in [0.15, 0.2) is 59.8 Å². The summed E-state index contributed by atoms with van der Waals surface area (Å²) < 4.78 is 7.37. The lowest BCUT2D eigenvalue weighted by Gasteiger charge is -2.12. The van der Waals surface area contributed by atoms with Gasteiger partial charge in [-0.2, -0.15) is 0 Å². The Morgan fingerprint density at radius 3 is 2.56 bits per heavy atom. The summed E-state index contributed by atoms with van der Waals surface area (Å²) in [4.78, 5) is 10.8. The van der Waals surface area contributed by atoms with E-state index in [1.807, 2.05) is 59.2 Å². The summed E-state index contributed by atoms with van der Waals surface area (Å²) in [5.74, 6) is 0.950. The molecule has 0 radical (unpaired) electrons. The number of thioether (sulfide) groups is 1. The van der Waals surface area contributed by atoms with Gasteiger partial charge in [-0.05, 0) is 24.3 Å². The standard InChI is InChI=1S/C18H17N3O3S/c1-24-15-10-6-5-9-14(15)17-19-20-18(25-12-11-16(22)23)21(17)13-7-3-2-4-8-13/h2-10H,11-12H2,1H3,(H,22,23). The molecule has 3 aromatic rings. The number of ether oxygens (including phenoxy) is 1. The third-order valence-electron chi connectivity index (χ3n) is 3.54. The van der Waals surface area contributed by atoms with E-state index in [-0.39, 0.29) is 6.42 Å². The number of carboxylic acid groups (broad SMARTS) is 1. The van der Waals surface area contributed by atoms with Crippen molar-refractivity contribution < 1.29 is 14.6 Å². The van der Waals surface area contributed by atoms with Crippen molar-refractivity contribution in [2.45, 2.75) is 11.6 Å². The summed E-state index contributed by atoms with van der Waals surface area (Å²) in [6.07, 6.45) is 0.0658. The van der Waals surface area contributed by atoms with Gasteiger partial charge >= 0.3 is 5.97 Å². The molecule has 1 heterocycles. The first-order valence-electron chi connectivity index (χ1n) is 7.69. The minimum Gasteiger partial charge on any atom is -0.496 e. The Morgan fingerprint density at radius 2 is 1.84 bits per heavy atom. The molecule has 0 aliphatic heterocycles. The molecule has 7 heteroatoms. The van der Waals surface area contributed by atoms with Gasteiger partial charge in [0.15, 0.2) is 11.0 Å². The fourth-order valence-corrected chi connectivity index (χ4v) is 3.29. The van der Waals surface area contributed by atoms with Crippen LogP contribution in [0.2, 0.25) is 0 Å². The number of methoxy groups -OCH3 is 1. The quantitative estimate of drug-likeness (QED) is 0.654. The van der Waals surface area contributed by atoms with Gasteiger partial charge in [-0.3, -0.25) is 9.36 Å². The first-order chi connectivity index (χ1) is 12.2. The van der Waals surface area contributed by atoms with Crippen LogP contribution in [0, 0.1) is 0 Å². The normalized spacial score (nSPS) is 10.6. The Labute approximate surface area is 149 Å². The average Bonchev–Trinajstić information content (AvgIpc) is 3.05. The molecule has 1 N–H and O–H groups in total. The van der Waals surface area contributed by atoms with Crippen LogP contribution in [-0.2, 0) is 4.79 Å². The summed E-state index contributed by atoms with van der Waals surface area (Å²) in [7, 11) is 1.62. The Morgan fingerprint density at radius 1 is 1.12 bits per heavy atom. The minimum absolute atomic E-state index is 0.0658. The van der Waals surface area contributed by atoms with Crippen molar-refractivity contribution in [1.82, 2.24) is 14.8 Å². The number of aromatic nitrogens is 3. The van der Waals surface area contributed by atoms with E-state index >= 15 is 0 Å². The molecular weight excluding hydrogens is 338 g/mol. The third-order valence-corrected chi connectivity index (χ3v) is 4.47. The zero-order chi connectivity index (χ0) is 17.6. The van der Waals surface area contributed by atoms with Gasteiger partial charge in [-0.25, -0.2) is 0 Å². The SMILES string of the molecule is COc1ccccc1-c1nnc(SCCC(=O)O)n1-c1ccccc1. The Bertz CT molecular complexity index is 865. The van der Waals surface area contributed by atoms with Crippen LogP contribution in [0.1, 0.15) is 6.42 Å². The summed E-state index contributed by atoms with van der Waals surface area (Å²) >= 11 is 1.37. The molecule has 0 unspecified atom stereocenters. The van der Waals surface area contributed by atoms with E-state index in [1.165, 1.54) is 11.8 Å². The number of nitrogens with zero attached hydrogens (tertiary/aromatic N) is 3. The highest BCUT2D eigenvalue weighted by Gasteiger charge is 2.18. The number of carboxylic acids is 1. The van der Waals surface area contributed by atoms with Gasteiger partial charge in [0, 0.05) is 11.4 Å². The molecule has 0 fully saturated rings. The molecule has 25 heavy (non-hydrogen) atoms. The summed E-state index contributed by atoms with van der Waals surface area (Å²) in [6, 6.07) is 17.3. The molecule has 0 saturated heterocycles. The van der Waals surface area contributed by atoms with Gasteiger partial charge in [0.25, 0.3) is 0 Å². The van der Waals surface area contributed by atoms with Gasteiger partial charge < -0.3 is 9.84 Å². The molecule has 2 aromatic carbocycles. The van der Waals surface area contributed by atoms with E-state index in [4.69, 9.17) is 9.84 Å². The van der Waals surface area contributed by atoms with Crippen molar-refractivity contribution in [3.8, 4) is 22.8 Å². The third kappa shape index (κ3) is 3.83. The second kappa shape index (κ2) is 7.85. The Kier molecular flexibility index (Phi) is 5.35. The Hall–Kier alpha value is -2.80. The second-order valence-electron chi connectivity index (χ2n) is 5.17. The van der Waals surface area contributed by atoms with Crippen molar-refractivity contribution >= 4 is 17.7 Å². The van der Waals surface area contributed by atoms with Crippen molar-refractivity contribution in [1.29, 1.82) is 0 Å². The van der Waals surface area contributed by atoms with Crippen LogP contribution < -0.4 is 4.74 Å². The number of aliphatic carboxylic acids is 1. The summed E-state index contributed by atoms with van der Waals surface area (Å²) in [6.45, 7) is 0. The van der Waals surface area contributed by atoms with E-state index in [0.29, 0.717) is 22.5 Å². The topological polar surface area (TPSA) is 77.2 Å². The number of hydrogen-bond donors (Lipinski definition) is 1. The highest BCUT2D eigenvalue weighted by molar-refractivity contribution is 7.99. The zero-order valence-corrected chi connectivity index (χ0v) is 14.4. The first-order valence-corrected chi connectivity index (χ1v) is 8.68. The molecule has 6 nitrogen and oxygen atoms in total. The number of benzene rings is 2. The predicted octanol–water partition coefficient (Wildman–Crippen LogP) is 3.51. The number of hydrogen-bond acceptors (Lipinski definition) is 5. The van der Waals surface area contributed by atoms with Crippen molar-refractivity contribution in [3.63, 3.8) is 0 Å². The van der Waals surface area contributed by atoms with Gasteiger partial charge in [0.05, 0.1) is 19.1 Å². The first kappa shape index (κ1) is 17.0. The molecule has 0 saturated carbocycles. The van der Waals surface area contributed by atoms with E-state index in [1.54, 1.807) is 7.11 Å². The second-order valence-corrected chi connectivity index (χ2v) is 6.23. The van der Waals surface area contributed by atoms with Crippen LogP contribution in [0.3, 0.4) is 0 Å². The molecule has 0 bridgehead atoms. The zero-order valence-electron chi connectivity index (χ0n) is 13.6. The maximum Gasteiger partial charge on any atom is 0.304 e. The molecule has 128 valence electrons. The molecule has 0 atom stereocenters. The highest BCUT2D eigenvalue weighted by Crippen LogP contribution is 2.33. The lowest BCUT2D eigenvalue weighted by molar-refractivity contribution is -0.136. The van der Waals surface area contributed by atoms with E-state index < -0.39 is 5.97 Å². The van der Waals surface area contributed by atoms with Crippen molar-refractivity contribution in [3.05, 3.63) is 54.6 Å². The Balaban J connectivity index is 2.07. The van der Waals surface area contributed by atoms with Crippen molar-refractivity contribution in [2.75, 3.05) is 12.9 Å².